The van der Waals surface area contributed by atoms with Gasteiger partial charge in [-0.1, -0.05) is 6.07 Å². The SMILES string of the molecule is C[C@H](Nc1ncnc(N)c1C#N)c1nc2cccnc2n1-c1cccc(C(F)(F)F)c1. The highest BCUT2D eigenvalue weighted by Crippen LogP contribution is 2.32. The van der Waals surface area contributed by atoms with Gasteiger partial charge in [-0.3, -0.25) is 4.57 Å². The van der Waals surface area contributed by atoms with Crippen molar-refractivity contribution in [3.05, 3.63) is 65.9 Å². The minimum absolute atomic E-state index is 0.0141. The number of nitriles is 1. The molecule has 0 aliphatic heterocycles. The lowest BCUT2D eigenvalue weighted by atomic mass is 10.2. The molecule has 3 heterocycles. The molecule has 0 saturated heterocycles. The third-order valence-corrected chi connectivity index (χ3v) is 4.60. The first-order valence-corrected chi connectivity index (χ1v) is 9.07. The number of aromatic nitrogens is 5. The molecule has 0 fully saturated rings. The minimum Gasteiger partial charge on any atom is -0.382 e. The van der Waals surface area contributed by atoms with Crippen LogP contribution in [0, 0.1) is 11.3 Å². The summed E-state index contributed by atoms with van der Waals surface area (Å²) in [5.74, 6) is 0.590. The van der Waals surface area contributed by atoms with Crippen molar-refractivity contribution in [1.82, 2.24) is 24.5 Å². The Morgan fingerprint density at radius 1 is 1.16 bits per heavy atom. The van der Waals surface area contributed by atoms with Gasteiger partial charge in [-0.25, -0.2) is 19.9 Å². The Morgan fingerprint density at radius 3 is 2.71 bits per heavy atom. The number of halogens is 3. The topological polar surface area (TPSA) is 118 Å². The number of alkyl halides is 3. The van der Waals surface area contributed by atoms with Crippen LogP contribution in [-0.2, 0) is 6.18 Å². The number of hydrogen-bond acceptors (Lipinski definition) is 7. The van der Waals surface area contributed by atoms with Gasteiger partial charge in [0.05, 0.1) is 11.6 Å². The van der Waals surface area contributed by atoms with Crippen LogP contribution >= 0.6 is 0 Å². The second-order valence-electron chi connectivity index (χ2n) is 6.66. The van der Waals surface area contributed by atoms with Crippen LogP contribution in [-0.4, -0.2) is 24.5 Å². The van der Waals surface area contributed by atoms with E-state index < -0.39 is 17.8 Å². The lowest BCUT2D eigenvalue weighted by Crippen LogP contribution is -2.16. The molecule has 0 unspecified atom stereocenters. The molecular formula is C20H15F3N8. The van der Waals surface area contributed by atoms with E-state index in [0.717, 1.165) is 12.1 Å². The number of imidazole rings is 1. The van der Waals surface area contributed by atoms with Gasteiger partial charge < -0.3 is 11.1 Å². The molecule has 3 aromatic heterocycles. The standard InChI is InChI=1S/C20H15F3N8/c1-11(29-17-14(9-24)16(25)27-10-28-17)18-30-15-6-3-7-26-19(15)31(18)13-5-2-4-12(8-13)20(21,22)23/h2-8,10-11H,1H3,(H3,25,27,28,29)/t11-/m0/s1. The molecule has 0 radical (unpaired) electrons. The third kappa shape index (κ3) is 3.71. The van der Waals surface area contributed by atoms with Crippen molar-refractivity contribution in [1.29, 1.82) is 5.26 Å². The maximum Gasteiger partial charge on any atom is 0.416 e. The molecule has 8 nitrogen and oxygen atoms in total. The van der Waals surface area contributed by atoms with Crippen LogP contribution in [0.2, 0.25) is 0 Å². The average Bonchev–Trinajstić information content (AvgIpc) is 3.13. The maximum atomic E-state index is 13.3. The lowest BCUT2D eigenvalue weighted by molar-refractivity contribution is -0.137. The van der Waals surface area contributed by atoms with Crippen LogP contribution in [0.25, 0.3) is 16.9 Å². The Morgan fingerprint density at radius 2 is 1.97 bits per heavy atom. The van der Waals surface area contributed by atoms with Gasteiger partial charge in [-0.2, -0.15) is 18.4 Å². The van der Waals surface area contributed by atoms with E-state index in [2.05, 4.69) is 25.3 Å². The van der Waals surface area contributed by atoms with Crippen molar-refractivity contribution < 1.29 is 13.2 Å². The second kappa shape index (κ2) is 7.56. The van der Waals surface area contributed by atoms with Gasteiger partial charge in [-0.05, 0) is 37.3 Å². The van der Waals surface area contributed by atoms with Crippen LogP contribution in [0.4, 0.5) is 24.8 Å². The Labute approximate surface area is 174 Å². The van der Waals surface area contributed by atoms with Crippen LogP contribution < -0.4 is 11.1 Å². The van der Waals surface area contributed by atoms with E-state index >= 15 is 0 Å². The summed E-state index contributed by atoms with van der Waals surface area (Å²) < 4.78 is 41.4. The van der Waals surface area contributed by atoms with E-state index in [4.69, 9.17) is 5.73 Å². The van der Waals surface area contributed by atoms with Crippen LogP contribution in [0.1, 0.15) is 29.9 Å². The molecule has 1 atom stereocenters. The van der Waals surface area contributed by atoms with E-state index in [1.165, 1.54) is 18.6 Å². The zero-order valence-corrected chi connectivity index (χ0v) is 16.1. The molecule has 11 heteroatoms. The van der Waals surface area contributed by atoms with Crippen molar-refractivity contribution in [3.8, 4) is 11.8 Å². The first-order chi connectivity index (χ1) is 14.8. The Kier molecular flexibility index (Phi) is 4.90. The number of nitrogen functional groups attached to an aromatic ring is 1. The van der Waals surface area contributed by atoms with Gasteiger partial charge in [-0.15, -0.1) is 0 Å². The fraction of sp³-hybridized carbons (Fsp3) is 0.150. The molecule has 3 N–H and O–H groups in total. The largest absolute Gasteiger partial charge is 0.416 e. The second-order valence-corrected chi connectivity index (χ2v) is 6.66. The number of fused-ring (bicyclic) bond motifs is 1. The van der Waals surface area contributed by atoms with E-state index in [1.807, 2.05) is 6.07 Å². The van der Waals surface area contributed by atoms with Crippen molar-refractivity contribution >= 4 is 22.8 Å². The van der Waals surface area contributed by atoms with Gasteiger partial charge in [0.15, 0.2) is 5.65 Å². The molecule has 0 aliphatic rings. The molecule has 156 valence electrons. The first-order valence-electron chi connectivity index (χ1n) is 9.07. The van der Waals surface area contributed by atoms with Gasteiger partial charge >= 0.3 is 6.18 Å². The third-order valence-electron chi connectivity index (χ3n) is 4.60. The smallest absolute Gasteiger partial charge is 0.382 e. The summed E-state index contributed by atoms with van der Waals surface area (Å²) in [4.78, 5) is 16.7. The van der Waals surface area contributed by atoms with Crippen LogP contribution in [0.3, 0.4) is 0 Å². The van der Waals surface area contributed by atoms with Gasteiger partial charge in [0.2, 0.25) is 0 Å². The van der Waals surface area contributed by atoms with Crippen molar-refractivity contribution in [2.45, 2.75) is 19.1 Å². The Bertz CT molecular complexity index is 1310. The number of rotatable bonds is 4. The Hall–Kier alpha value is -4.20. The number of nitrogens with one attached hydrogen (secondary N) is 1. The summed E-state index contributed by atoms with van der Waals surface area (Å²) in [5, 5.41) is 12.4. The number of nitrogens with two attached hydrogens (primary N) is 1. The van der Waals surface area contributed by atoms with E-state index in [-0.39, 0.29) is 22.9 Å². The molecule has 0 saturated carbocycles. The van der Waals surface area contributed by atoms with Crippen LogP contribution in [0.15, 0.2) is 48.9 Å². The molecule has 4 rings (SSSR count). The first kappa shape index (κ1) is 20.1. The molecule has 0 bridgehead atoms. The molecule has 4 aromatic rings. The molecule has 31 heavy (non-hydrogen) atoms. The van der Waals surface area contributed by atoms with Gasteiger partial charge in [0.25, 0.3) is 0 Å². The zero-order chi connectivity index (χ0) is 22.2. The van der Waals surface area contributed by atoms with Crippen molar-refractivity contribution in [2.24, 2.45) is 0 Å². The fourth-order valence-corrected chi connectivity index (χ4v) is 3.18. The highest BCUT2D eigenvalue weighted by atomic mass is 19.4. The maximum absolute atomic E-state index is 13.3. The normalized spacial score (nSPS) is 12.5. The predicted molar refractivity (Wildman–Crippen MR) is 107 cm³/mol. The zero-order valence-electron chi connectivity index (χ0n) is 16.1. The highest BCUT2D eigenvalue weighted by molar-refractivity contribution is 5.74. The predicted octanol–water partition coefficient (Wildman–Crippen LogP) is 3.86. The number of nitrogens with zero attached hydrogens (tertiary/aromatic N) is 6. The quantitative estimate of drug-likeness (QED) is 0.511. The van der Waals surface area contributed by atoms with E-state index in [0.29, 0.717) is 17.0 Å². The van der Waals surface area contributed by atoms with Crippen molar-refractivity contribution in [2.75, 3.05) is 11.1 Å². The minimum atomic E-state index is -4.50. The van der Waals surface area contributed by atoms with E-state index in [1.54, 1.807) is 29.7 Å². The molecule has 0 spiro atoms. The molecule has 0 aliphatic carbocycles. The molecule has 1 aromatic carbocycles. The van der Waals surface area contributed by atoms with Gasteiger partial charge in [0, 0.05) is 11.9 Å². The Balaban J connectivity index is 1.85. The van der Waals surface area contributed by atoms with E-state index in [9.17, 15) is 18.4 Å². The monoisotopic (exact) mass is 424 g/mol. The fourth-order valence-electron chi connectivity index (χ4n) is 3.18. The molecule has 0 amide bonds. The van der Waals surface area contributed by atoms with Crippen LogP contribution in [0.5, 0.6) is 0 Å². The average molecular weight is 424 g/mol. The van der Waals surface area contributed by atoms with Crippen molar-refractivity contribution in [3.63, 3.8) is 0 Å². The summed E-state index contributed by atoms with van der Waals surface area (Å²) >= 11 is 0. The highest BCUT2D eigenvalue weighted by Gasteiger charge is 2.31. The summed E-state index contributed by atoms with van der Waals surface area (Å²) in [7, 11) is 0. The number of benzene rings is 1. The number of pyridine rings is 1. The summed E-state index contributed by atoms with van der Waals surface area (Å²) in [6, 6.07) is 9.69. The molecular weight excluding hydrogens is 409 g/mol. The summed E-state index contributed by atoms with van der Waals surface area (Å²) in [5.41, 5.74) is 6.17. The lowest BCUT2D eigenvalue weighted by Gasteiger charge is -2.18. The summed E-state index contributed by atoms with van der Waals surface area (Å²) in [6.07, 6.45) is -1.75. The number of anilines is 2. The summed E-state index contributed by atoms with van der Waals surface area (Å²) in [6.45, 7) is 1.74. The van der Waals surface area contributed by atoms with Gasteiger partial charge in [0.1, 0.15) is 40.9 Å². The number of hydrogen-bond donors (Lipinski definition) is 2.